The second kappa shape index (κ2) is 9.18. The highest BCUT2D eigenvalue weighted by Gasteiger charge is 2.14. The Kier molecular flexibility index (Phi) is 5.78. The SMILES string of the molecule is Cc1ccc(/C=C/c2ccc(N(c3ccccc3)c3cccc4ccccc34)cc2)c(C)c1. The maximum absolute atomic E-state index is 2.33. The molecule has 0 aliphatic heterocycles. The fourth-order valence-corrected chi connectivity index (χ4v) is 4.34. The zero-order chi connectivity index (χ0) is 22.6. The van der Waals surface area contributed by atoms with Gasteiger partial charge in [-0.25, -0.2) is 0 Å². The second-order valence-corrected chi connectivity index (χ2v) is 8.45. The number of benzene rings is 5. The van der Waals surface area contributed by atoms with Crippen LogP contribution < -0.4 is 4.90 Å². The van der Waals surface area contributed by atoms with Crippen LogP contribution in [0.25, 0.3) is 22.9 Å². The smallest absolute Gasteiger partial charge is 0.0540 e. The van der Waals surface area contributed by atoms with E-state index in [1.54, 1.807) is 0 Å². The van der Waals surface area contributed by atoms with E-state index in [0.717, 1.165) is 11.4 Å². The first kappa shape index (κ1) is 20.8. The van der Waals surface area contributed by atoms with Gasteiger partial charge in [0.05, 0.1) is 5.69 Å². The summed E-state index contributed by atoms with van der Waals surface area (Å²) in [6.45, 7) is 4.30. The lowest BCUT2D eigenvalue weighted by Gasteiger charge is -2.27. The number of anilines is 3. The van der Waals surface area contributed by atoms with E-state index in [9.17, 15) is 0 Å². The molecule has 0 heterocycles. The first-order valence-corrected chi connectivity index (χ1v) is 11.4. The molecule has 5 aromatic carbocycles. The van der Waals surface area contributed by atoms with Gasteiger partial charge in [-0.15, -0.1) is 0 Å². The van der Waals surface area contributed by atoms with E-state index in [-0.39, 0.29) is 0 Å². The van der Waals surface area contributed by atoms with Crippen molar-refractivity contribution >= 4 is 40.0 Å². The third-order valence-electron chi connectivity index (χ3n) is 6.05. The molecule has 0 fully saturated rings. The molecule has 0 saturated heterocycles. The average Bonchev–Trinajstić information content (AvgIpc) is 2.85. The van der Waals surface area contributed by atoms with Crippen molar-refractivity contribution in [1.82, 2.24) is 0 Å². The molecule has 0 bridgehead atoms. The van der Waals surface area contributed by atoms with Gasteiger partial charge >= 0.3 is 0 Å². The molecule has 0 N–H and O–H groups in total. The molecular formula is C32H27N. The normalized spacial score (nSPS) is 11.2. The molecule has 0 aliphatic carbocycles. The van der Waals surface area contributed by atoms with Crippen molar-refractivity contribution in [3.05, 3.63) is 138 Å². The molecule has 0 aliphatic rings. The van der Waals surface area contributed by atoms with Crippen LogP contribution in [-0.2, 0) is 0 Å². The minimum Gasteiger partial charge on any atom is -0.310 e. The molecule has 5 rings (SSSR count). The van der Waals surface area contributed by atoms with Crippen molar-refractivity contribution in [2.24, 2.45) is 0 Å². The minimum absolute atomic E-state index is 1.14. The zero-order valence-electron chi connectivity index (χ0n) is 19.1. The van der Waals surface area contributed by atoms with Crippen molar-refractivity contribution in [3.63, 3.8) is 0 Å². The lowest BCUT2D eigenvalue weighted by molar-refractivity contribution is 1.30. The molecule has 0 amide bonds. The molecule has 5 aromatic rings. The van der Waals surface area contributed by atoms with Gasteiger partial charge < -0.3 is 4.90 Å². The predicted octanol–water partition coefficient (Wildman–Crippen LogP) is 9.10. The van der Waals surface area contributed by atoms with Crippen molar-refractivity contribution in [3.8, 4) is 0 Å². The lowest BCUT2D eigenvalue weighted by atomic mass is 10.0. The quantitative estimate of drug-likeness (QED) is 0.254. The summed E-state index contributed by atoms with van der Waals surface area (Å²) >= 11 is 0. The molecule has 0 aromatic heterocycles. The summed E-state index contributed by atoms with van der Waals surface area (Å²) < 4.78 is 0. The molecule has 0 unspecified atom stereocenters. The Morgan fingerprint density at radius 3 is 2.06 bits per heavy atom. The summed E-state index contributed by atoms with van der Waals surface area (Å²) in [7, 11) is 0. The van der Waals surface area contributed by atoms with Crippen LogP contribution in [0.15, 0.2) is 115 Å². The maximum Gasteiger partial charge on any atom is 0.0540 e. The van der Waals surface area contributed by atoms with Gasteiger partial charge in [0.2, 0.25) is 0 Å². The predicted molar refractivity (Wildman–Crippen MR) is 143 cm³/mol. The largest absolute Gasteiger partial charge is 0.310 e. The van der Waals surface area contributed by atoms with Crippen LogP contribution in [0.1, 0.15) is 22.3 Å². The summed E-state index contributed by atoms with van der Waals surface area (Å²) in [6, 6.07) is 41.0. The number of aryl methyl sites for hydroxylation is 2. The average molecular weight is 426 g/mol. The molecule has 0 saturated carbocycles. The van der Waals surface area contributed by atoms with Gasteiger partial charge in [0.25, 0.3) is 0 Å². The van der Waals surface area contributed by atoms with Crippen LogP contribution in [0, 0.1) is 13.8 Å². The maximum atomic E-state index is 2.33. The first-order chi connectivity index (χ1) is 16.2. The third kappa shape index (κ3) is 4.44. The number of hydrogen-bond acceptors (Lipinski definition) is 1. The Hall–Kier alpha value is -4.10. The zero-order valence-corrected chi connectivity index (χ0v) is 19.1. The monoisotopic (exact) mass is 425 g/mol. The summed E-state index contributed by atoms with van der Waals surface area (Å²) in [5.74, 6) is 0. The van der Waals surface area contributed by atoms with Gasteiger partial charge in [0.1, 0.15) is 0 Å². The van der Waals surface area contributed by atoms with Gasteiger partial charge in [0, 0.05) is 16.8 Å². The number of rotatable bonds is 5. The van der Waals surface area contributed by atoms with Crippen LogP contribution in [0.4, 0.5) is 17.1 Å². The van der Waals surface area contributed by atoms with E-state index in [1.165, 1.54) is 38.7 Å². The molecule has 0 spiro atoms. The Morgan fingerprint density at radius 2 is 1.27 bits per heavy atom. The van der Waals surface area contributed by atoms with E-state index in [2.05, 4.69) is 146 Å². The van der Waals surface area contributed by atoms with Crippen LogP contribution in [-0.4, -0.2) is 0 Å². The van der Waals surface area contributed by atoms with Crippen LogP contribution in [0.3, 0.4) is 0 Å². The Morgan fingerprint density at radius 1 is 0.576 bits per heavy atom. The molecule has 160 valence electrons. The molecule has 0 radical (unpaired) electrons. The van der Waals surface area contributed by atoms with E-state index in [1.807, 2.05) is 0 Å². The summed E-state index contributed by atoms with van der Waals surface area (Å²) in [5, 5.41) is 2.48. The molecule has 0 atom stereocenters. The van der Waals surface area contributed by atoms with E-state index < -0.39 is 0 Å². The van der Waals surface area contributed by atoms with E-state index in [4.69, 9.17) is 0 Å². The van der Waals surface area contributed by atoms with E-state index in [0.29, 0.717) is 0 Å². The Bertz CT molecular complexity index is 1410. The van der Waals surface area contributed by atoms with Crippen LogP contribution in [0.5, 0.6) is 0 Å². The highest BCUT2D eigenvalue weighted by atomic mass is 15.1. The highest BCUT2D eigenvalue weighted by Crippen LogP contribution is 2.38. The molecule has 33 heavy (non-hydrogen) atoms. The van der Waals surface area contributed by atoms with Gasteiger partial charge in [-0.1, -0.05) is 103 Å². The number of hydrogen-bond donors (Lipinski definition) is 0. The van der Waals surface area contributed by atoms with Crippen LogP contribution >= 0.6 is 0 Å². The van der Waals surface area contributed by atoms with Gasteiger partial charge in [-0.2, -0.15) is 0 Å². The lowest BCUT2D eigenvalue weighted by Crippen LogP contribution is -2.10. The van der Waals surface area contributed by atoms with Gasteiger partial charge in [-0.05, 0) is 66.3 Å². The van der Waals surface area contributed by atoms with Crippen molar-refractivity contribution in [1.29, 1.82) is 0 Å². The fraction of sp³-hybridized carbons (Fsp3) is 0.0625. The molecule has 1 nitrogen and oxygen atoms in total. The highest BCUT2D eigenvalue weighted by molar-refractivity contribution is 5.98. The second-order valence-electron chi connectivity index (χ2n) is 8.45. The topological polar surface area (TPSA) is 3.24 Å². The Balaban J connectivity index is 1.53. The van der Waals surface area contributed by atoms with Crippen molar-refractivity contribution in [2.75, 3.05) is 4.90 Å². The van der Waals surface area contributed by atoms with Crippen LogP contribution in [0.2, 0.25) is 0 Å². The van der Waals surface area contributed by atoms with Gasteiger partial charge in [0.15, 0.2) is 0 Å². The fourth-order valence-electron chi connectivity index (χ4n) is 4.34. The summed E-state index contributed by atoms with van der Waals surface area (Å²) in [5.41, 5.74) is 8.50. The first-order valence-electron chi connectivity index (χ1n) is 11.4. The Labute approximate surface area is 196 Å². The van der Waals surface area contributed by atoms with Gasteiger partial charge in [-0.3, -0.25) is 0 Å². The summed E-state index contributed by atoms with van der Waals surface area (Å²) in [4.78, 5) is 2.33. The number of para-hydroxylation sites is 1. The van der Waals surface area contributed by atoms with Crippen molar-refractivity contribution in [2.45, 2.75) is 13.8 Å². The minimum atomic E-state index is 1.14. The number of fused-ring (bicyclic) bond motifs is 1. The number of nitrogens with zero attached hydrogens (tertiary/aromatic N) is 1. The third-order valence-corrected chi connectivity index (χ3v) is 6.05. The van der Waals surface area contributed by atoms with Crippen molar-refractivity contribution < 1.29 is 0 Å². The summed E-state index contributed by atoms with van der Waals surface area (Å²) in [6.07, 6.45) is 4.38. The molecular weight excluding hydrogens is 398 g/mol. The van der Waals surface area contributed by atoms with E-state index >= 15 is 0 Å². The molecule has 1 heteroatoms. The standard InChI is InChI=1S/C32H27N/c1-24-15-19-27(25(2)23-24)20-16-26-17-21-30(22-18-26)33(29-11-4-3-5-12-29)32-14-8-10-28-9-6-7-13-31(28)32/h3-23H,1-2H3/b20-16+.